The molecule has 13 heavy (non-hydrogen) atoms. The number of hydrogen-bond acceptors (Lipinski definition) is 2. The van der Waals surface area contributed by atoms with E-state index in [1.165, 1.54) is 12.8 Å². The van der Waals surface area contributed by atoms with Gasteiger partial charge in [-0.25, -0.2) is 4.39 Å². The van der Waals surface area contributed by atoms with E-state index in [0.29, 0.717) is 12.6 Å². The van der Waals surface area contributed by atoms with Crippen LogP contribution in [0.4, 0.5) is 4.39 Å². The zero-order valence-corrected chi connectivity index (χ0v) is 8.56. The molecule has 1 heterocycles. The summed E-state index contributed by atoms with van der Waals surface area (Å²) in [6.07, 6.45) is 3.49. The van der Waals surface area contributed by atoms with Crippen LogP contribution in [-0.2, 0) is 0 Å². The maximum absolute atomic E-state index is 12.3. The largest absolute Gasteiger partial charge is 0.317 e. The minimum atomic E-state index is -0.204. The first-order valence-electron chi connectivity index (χ1n) is 5.39. The van der Waals surface area contributed by atoms with Crippen LogP contribution in [0.1, 0.15) is 26.2 Å². The van der Waals surface area contributed by atoms with E-state index in [0.717, 1.165) is 26.1 Å². The minimum absolute atomic E-state index is 0.204. The maximum atomic E-state index is 12.3. The highest BCUT2D eigenvalue weighted by Crippen LogP contribution is 2.11. The predicted molar refractivity (Wildman–Crippen MR) is 53.7 cm³/mol. The van der Waals surface area contributed by atoms with Gasteiger partial charge in [0.1, 0.15) is 6.67 Å². The van der Waals surface area contributed by atoms with Gasteiger partial charge in [0.05, 0.1) is 0 Å². The van der Waals surface area contributed by atoms with Crippen LogP contribution in [0.3, 0.4) is 0 Å². The van der Waals surface area contributed by atoms with Gasteiger partial charge in [-0.15, -0.1) is 0 Å². The molecule has 1 rings (SSSR count). The number of hydrogen-bond donors (Lipinski definition) is 1. The summed E-state index contributed by atoms with van der Waals surface area (Å²) in [7, 11) is 0. The lowest BCUT2D eigenvalue weighted by atomic mass is 10.0. The van der Waals surface area contributed by atoms with Gasteiger partial charge >= 0.3 is 0 Å². The van der Waals surface area contributed by atoms with Crippen molar-refractivity contribution in [3.8, 4) is 0 Å². The van der Waals surface area contributed by atoms with E-state index in [-0.39, 0.29) is 6.67 Å². The quantitative estimate of drug-likeness (QED) is 0.702. The van der Waals surface area contributed by atoms with Crippen LogP contribution in [0.15, 0.2) is 0 Å². The molecule has 0 aromatic rings. The van der Waals surface area contributed by atoms with E-state index < -0.39 is 0 Å². The van der Waals surface area contributed by atoms with Crippen molar-refractivity contribution < 1.29 is 4.39 Å². The summed E-state index contributed by atoms with van der Waals surface area (Å²) in [5.41, 5.74) is 0. The van der Waals surface area contributed by atoms with Crippen molar-refractivity contribution in [3.63, 3.8) is 0 Å². The van der Waals surface area contributed by atoms with Crippen molar-refractivity contribution >= 4 is 0 Å². The molecule has 1 fully saturated rings. The number of halogens is 1. The molecular weight excluding hydrogens is 167 g/mol. The zero-order chi connectivity index (χ0) is 9.52. The number of rotatable bonds is 5. The standard InChI is InChI=1S/C10H21FN2/c1-2-8-13(9-5-11)10-3-6-12-7-4-10/h10,12H,2-9H2,1H3. The molecule has 0 aromatic carbocycles. The Morgan fingerprint density at radius 2 is 2.00 bits per heavy atom. The van der Waals surface area contributed by atoms with Gasteiger partial charge in [0.2, 0.25) is 0 Å². The van der Waals surface area contributed by atoms with E-state index in [1.54, 1.807) is 0 Å². The normalized spacial score (nSPS) is 19.6. The van der Waals surface area contributed by atoms with Crippen molar-refractivity contribution in [3.05, 3.63) is 0 Å². The average Bonchev–Trinajstić information content (AvgIpc) is 2.19. The van der Waals surface area contributed by atoms with Crippen LogP contribution in [0.2, 0.25) is 0 Å². The molecule has 2 nitrogen and oxygen atoms in total. The zero-order valence-electron chi connectivity index (χ0n) is 8.56. The van der Waals surface area contributed by atoms with E-state index in [9.17, 15) is 4.39 Å². The summed E-state index contributed by atoms with van der Waals surface area (Å²) in [4.78, 5) is 2.31. The van der Waals surface area contributed by atoms with Gasteiger partial charge in [-0.05, 0) is 38.9 Å². The molecule has 0 bridgehead atoms. The van der Waals surface area contributed by atoms with Gasteiger partial charge in [0.15, 0.2) is 0 Å². The lowest BCUT2D eigenvalue weighted by Crippen LogP contribution is -2.44. The van der Waals surface area contributed by atoms with Crippen molar-refractivity contribution in [2.75, 3.05) is 32.9 Å². The summed E-state index contributed by atoms with van der Waals surface area (Å²) in [6.45, 7) is 5.82. The molecule has 1 N–H and O–H groups in total. The first-order valence-corrected chi connectivity index (χ1v) is 5.39. The highest BCUT2D eigenvalue weighted by Gasteiger charge is 2.19. The number of nitrogens with one attached hydrogen (secondary N) is 1. The third-order valence-corrected chi connectivity index (χ3v) is 2.71. The first-order chi connectivity index (χ1) is 6.38. The summed E-state index contributed by atoms with van der Waals surface area (Å²) < 4.78 is 12.3. The fourth-order valence-corrected chi connectivity index (χ4v) is 2.04. The van der Waals surface area contributed by atoms with Crippen molar-refractivity contribution in [2.24, 2.45) is 0 Å². The molecule has 0 atom stereocenters. The summed E-state index contributed by atoms with van der Waals surface area (Å²) in [5.74, 6) is 0. The van der Waals surface area contributed by atoms with E-state index in [2.05, 4.69) is 17.1 Å². The van der Waals surface area contributed by atoms with Gasteiger partial charge in [0, 0.05) is 12.6 Å². The van der Waals surface area contributed by atoms with E-state index >= 15 is 0 Å². The van der Waals surface area contributed by atoms with Crippen molar-refractivity contribution in [1.82, 2.24) is 10.2 Å². The lowest BCUT2D eigenvalue weighted by Gasteiger charge is -2.33. The van der Waals surface area contributed by atoms with Crippen LogP contribution in [0, 0.1) is 0 Å². The molecule has 3 heteroatoms. The van der Waals surface area contributed by atoms with Crippen LogP contribution >= 0.6 is 0 Å². The summed E-state index contributed by atoms with van der Waals surface area (Å²) in [5, 5.41) is 3.33. The lowest BCUT2D eigenvalue weighted by molar-refractivity contribution is 0.151. The Morgan fingerprint density at radius 1 is 1.31 bits per heavy atom. The number of nitrogens with zero attached hydrogens (tertiary/aromatic N) is 1. The topological polar surface area (TPSA) is 15.3 Å². The molecule has 0 aliphatic carbocycles. The molecule has 78 valence electrons. The van der Waals surface area contributed by atoms with Crippen molar-refractivity contribution in [2.45, 2.75) is 32.2 Å². The van der Waals surface area contributed by atoms with Gasteiger partial charge in [-0.3, -0.25) is 4.90 Å². The molecule has 1 aliphatic heterocycles. The number of alkyl halides is 1. The summed E-state index contributed by atoms with van der Waals surface area (Å²) >= 11 is 0. The average molecular weight is 188 g/mol. The van der Waals surface area contributed by atoms with Gasteiger partial charge in [0.25, 0.3) is 0 Å². The molecule has 0 unspecified atom stereocenters. The monoisotopic (exact) mass is 188 g/mol. The molecule has 1 saturated heterocycles. The van der Waals surface area contributed by atoms with Crippen LogP contribution in [0.5, 0.6) is 0 Å². The van der Waals surface area contributed by atoms with Gasteiger partial charge in [-0.1, -0.05) is 6.92 Å². The summed E-state index contributed by atoms with van der Waals surface area (Å²) in [6, 6.07) is 0.622. The third kappa shape index (κ3) is 3.61. The molecule has 0 radical (unpaired) electrons. The molecule has 0 saturated carbocycles. The molecule has 0 aromatic heterocycles. The second-order valence-corrected chi connectivity index (χ2v) is 3.71. The second-order valence-electron chi connectivity index (χ2n) is 3.71. The SMILES string of the molecule is CCCN(CCF)C1CCNCC1. The highest BCUT2D eigenvalue weighted by molar-refractivity contribution is 4.77. The Labute approximate surface area is 80.5 Å². The fraction of sp³-hybridized carbons (Fsp3) is 1.00. The Morgan fingerprint density at radius 3 is 2.54 bits per heavy atom. The van der Waals surface area contributed by atoms with Crippen LogP contribution in [-0.4, -0.2) is 43.8 Å². The predicted octanol–water partition coefficient (Wildman–Crippen LogP) is 1.42. The Bertz CT molecular complexity index is 118. The van der Waals surface area contributed by atoms with E-state index in [1.807, 2.05) is 0 Å². The maximum Gasteiger partial charge on any atom is 0.102 e. The molecular formula is C10H21FN2. The Kier molecular flexibility index (Phi) is 5.32. The molecule has 1 aliphatic rings. The highest BCUT2D eigenvalue weighted by atomic mass is 19.1. The van der Waals surface area contributed by atoms with Crippen molar-refractivity contribution in [1.29, 1.82) is 0 Å². The van der Waals surface area contributed by atoms with E-state index in [4.69, 9.17) is 0 Å². The van der Waals surface area contributed by atoms with Crippen LogP contribution in [0.25, 0.3) is 0 Å². The molecule has 0 spiro atoms. The minimum Gasteiger partial charge on any atom is -0.317 e. The molecule has 0 amide bonds. The smallest absolute Gasteiger partial charge is 0.102 e. The number of piperidine rings is 1. The van der Waals surface area contributed by atoms with Crippen LogP contribution < -0.4 is 5.32 Å². The second kappa shape index (κ2) is 6.33. The van der Waals surface area contributed by atoms with Gasteiger partial charge < -0.3 is 5.32 Å². The Balaban J connectivity index is 2.32. The third-order valence-electron chi connectivity index (χ3n) is 2.71. The first kappa shape index (κ1) is 10.9. The van der Waals surface area contributed by atoms with Gasteiger partial charge in [-0.2, -0.15) is 0 Å². The fourth-order valence-electron chi connectivity index (χ4n) is 2.04. The Hall–Kier alpha value is -0.150.